The van der Waals surface area contributed by atoms with Gasteiger partial charge in [0.15, 0.2) is 0 Å². The fraction of sp³-hybridized carbons (Fsp3) is 0.568. The number of amides is 1. The van der Waals surface area contributed by atoms with E-state index < -0.39 is 0 Å². The Labute approximate surface area is 256 Å². The first kappa shape index (κ1) is 36.4. The third-order valence-corrected chi connectivity index (χ3v) is 7.80. The highest BCUT2D eigenvalue weighted by Crippen LogP contribution is 2.30. The Bertz CT molecular complexity index is 1080. The molecule has 0 saturated carbocycles. The minimum absolute atomic E-state index is 0.0126. The molecule has 4 heteroatoms. The molecule has 1 aliphatic carbocycles. The first-order valence-corrected chi connectivity index (χ1v) is 16.7. The molecule has 1 N–H and O–H groups in total. The quantitative estimate of drug-likeness (QED) is 0.193. The molecule has 1 aliphatic rings. The molecule has 4 rings (SSSR count). The van der Waals surface area contributed by atoms with Gasteiger partial charge < -0.3 is 5.32 Å². The van der Waals surface area contributed by atoms with E-state index in [4.69, 9.17) is 4.98 Å². The maximum absolute atomic E-state index is 13.0. The molecule has 1 aromatic carbocycles. The molecule has 0 fully saturated rings. The lowest BCUT2D eigenvalue weighted by Gasteiger charge is -2.20. The minimum Gasteiger partial charge on any atom is -0.345 e. The maximum atomic E-state index is 13.0. The number of terminal acetylenes is 1. The van der Waals surface area contributed by atoms with Crippen LogP contribution in [0, 0.1) is 24.7 Å². The van der Waals surface area contributed by atoms with Crippen molar-refractivity contribution in [3.63, 3.8) is 0 Å². The van der Waals surface area contributed by atoms with Crippen LogP contribution in [0.15, 0.2) is 42.5 Å². The van der Waals surface area contributed by atoms with Gasteiger partial charge in [0.25, 0.3) is 5.91 Å². The van der Waals surface area contributed by atoms with E-state index >= 15 is 0 Å². The van der Waals surface area contributed by atoms with Crippen LogP contribution in [0.2, 0.25) is 0 Å². The first-order chi connectivity index (χ1) is 19.7. The number of nitrogens with one attached hydrogen (secondary N) is 1. The van der Waals surface area contributed by atoms with E-state index in [2.05, 4.69) is 84.8 Å². The van der Waals surface area contributed by atoms with Gasteiger partial charge in [-0.3, -0.25) is 4.79 Å². The number of aryl methyl sites for hydroxylation is 2. The predicted molar refractivity (Wildman–Crippen MR) is 182 cm³/mol. The fourth-order valence-electron chi connectivity index (χ4n) is 4.62. The molecule has 0 saturated heterocycles. The molecule has 1 amide bonds. The van der Waals surface area contributed by atoms with Crippen LogP contribution in [0.4, 0.5) is 0 Å². The summed E-state index contributed by atoms with van der Waals surface area (Å²) in [5.41, 5.74) is 3.76. The van der Waals surface area contributed by atoms with Gasteiger partial charge in [-0.2, -0.15) is 0 Å². The van der Waals surface area contributed by atoms with E-state index in [-0.39, 0.29) is 11.9 Å². The van der Waals surface area contributed by atoms with Crippen molar-refractivity contribution in [2.45, 2.75) is 125 Å². The number of pyridine rings is 1. The maximum Gasteiger partial charge on any atom is 0.261 e. The molecule has 2 aromatic heterocycles. The Balaban J connectivity index is 0.000000547. The highest BCUT2D eigenvalue weighted by Gasteiger charge is 2.19. The number of thiophene rings is 1. The van der Waals surface area contributed by atoms with Gasteiger partial charge in [0.1, 0.15) is 4.83 Å². The number of unbranched alkanes of at least 4 members (excludes halogenated alkanes) is 4. The van der Waals surface area contributed by atoms with Crippen molar-refractivity contribution < 1.29 is 4.79 Å². The monoisotopic (exact) mass is 576 g/mol. The van der Waals surface area contributed by atoms with Crippen molar-refractivity contribution in [1.29, 1.82) is 0 Å². The lowest BCUT2D eigenvalue weighted by Crippen LogP contribution is -2.28. The average molecular weight is 577 g/mol. The summed E-state index contributed by atoms with van der Waals surface area (Å²) in [6, 6.07) is 14.6. The van der Waals surface area contributed by atoms with Crippen molar-refractivity contribution in [2.24, 2.45) is 11.8 Å². The molecule has 2 heterocycles. The standard InChI is InChI=1S/C24H28N2OS.C7H16.C4H10.C2H2/c1-16(2)12-13-21(17-8-4-3-5-9-17)25-23(27)22-15-19-14-18-10-6-7-11-20(18)26-24(19)28-22;1-3-5-7-6-4-2;1-4(2)3;1-2/h3-5,8-9,14-16,21H,6-7,10-13H2,1-2H3,(H,25,27);3-7H2,1-2H3;4H,1-3H3;1-2H. The average Bonchev–Trinajstić information content (AvgIpc) is 3.39. The Morgan fingerprint density at radius 1 is 0.902 bits per heavy atom. The van der Waals surface area contributed by atoms with Gasteiger partial charge in [-0.05, 0) is 73.6 Å². The molecule has 1 unspecified atom stereocenters. The highest BCUT2D eigenvalue weighted by molar-refractivity contribution is 7.20. The Hall–Kier alpha value is -2.64. The minimum atomic E-state index is 0.0126. The Kier molecular flexibility index (Phi) is 18.7. The van der Waals surface area contributed by atoms with Crippen molar-refractivity contribution in [1.82, 2.24) is 10.3 Å². The molecule has 0 spiro atoms. The van der Waals surface area contributed by atoms with Crippen molar-refractivity contribution in [3.05, 3.63) is 64.2 Å². The molecule has 41 heavy (non-hydrogen) atoms. The number of benzene rings is 1. The number of carbonyl (C=O) groups is 1. The largest absolute Gasteiger partial charge is 0.345 e. The summed E-state index contributed by atoms with van der Waals surface area (Å²) in [6.07, 6.45) is 21.7. The SMILES string of the molecule is C#C.CC(C)C.CC(C)CCC(NC(=O)c1cc2cc3c(nc2s1)CCCC3)c1ccccc1.CCCCCCC. The van der Waals surface area contributed by atoms with Gasteiger partial charge in [-0.25, -0.2) is 4.98 Å². The van der Waals surface area contributed by atoms with E-state index in [0.717, 1.165) is 46.7 Å². The van der Waals surface area contributed by atoms with Crippen molar-refractivity contribution in [2.75, 3.05) is 0 Å². The van der Waals surface area contributed by atoms with E-state index in [9.17, 15) is 4.79 Å². The number of fused-ring (bicyclic) bond motifs is 2. The highest BCUT2D eigenvalue weighted by atomic mass is 32.1. The van der Waals surface area contributed by atoms with Gasteiger partial charge in [0.2, 0.25) is 0 Å². The summed E-state index contributed by atoms with van der Waals surface area (Å²) < 4.78 is 0. The number of aromatic nitrogens is 1. The molecule has 0 radical (unpaired) electrons. The van der Waals surface area contributed by atoms with E-state index in [0.29, 0.717) is 5.92 Å². The van der Waals surface area contributed by atoms with Gasteiger partial charge in [-0.1, -0.05) is 111 Å². The molecule has 3 aromatic rings. The summed E-state index contributed by atoms with van der Waals surface area (Å²) in [7, 11) is 0. The van der Waals surface area contributed by atoms with Crippen LogP contribution in [0.1, 0.15) is 139 Å². The zero-order chi connectivity index (χ0) is 30.6. The summed E-state index contributed by atoms with van der Waals surface area (Å²) >= 11 is 1.52. The molecular formula is C37H56N2OS. The number of hydrogen-bond donors (Lipinski definition) is 1. The Morgan fingerprint density at radius 2 is 1.51 bits per heavy atom. The van der Waals surface area contributed by atoms with Gasteiger partial charge in [0.05, 0.1) is 10.9 Å². The third-order valence-electron chi connectivity index (χ3n) is 6.76. The molecular weight excluding hydrogens is 520 g/mol. The van der Waals surface area contributed by atoms with Crippen LogP contribution in [0.5, 0.6) is 0 Å². The summed E-state index contributed by atoms with van der Waals surface area (Å²) in [5.74, 6) is 1.46. The number of carbonyl (C=O) groups excluding carboxylic acids is 1. The second-order valence-electron chi connectivity index (χ2n) is 12.0. The summed E-state index contributed by atoms with van der Waals surface area (Å²) in [5, 5.41) is 4.38. The zero-order valence-electron chi connectivity index (χ0n) is 27.0. The normalized spacial score (nSPS) is 12.7. The van der Waals surface area contributed by atoms with Crippen molar-refractivity contribution in [3.8, 4) is 12.8 Å². The van der Waals surface area contributed by atoms with E-state index in [1.807, 2.05) is 24.3 Å². The molecule has 226 valence electrons. The topological polar surface area (TPSA) is 42.0 Å². The first-order valence-electron chi connectivity index (χ1n) is 15.9. The Morgan fingerprint density at radius 3 is 2.10 bits per heavy atom. The second kappa shape index (κ2) is 21.1. The van der Waals surface area contributed by atoms with Crippen LogP contribution in [-0.4, -0.2) is 10.9 Å². The van der Waals surface area contributed by atoms with Crippen molar-refractivity contribution >= 4 is 27.5 Å². The predicted octanol–water partition coefficient (Wildman–Crippen LogP) is 11.0. The summed E-state index contributed by atoms with van der Waals surface area (Å²) in [4.78, 5) is 19.6. The van der Waals surface area contributed by atoms with Crippen LogP contribution in [0.25, 0.3) is 10.2 Å². The molecule has 0 aliphatic heterocycles. The van der Waals surface area contributed by atoms with E-state index in [1.165, 1.54) is 73.1 Å². The zero-order valence-corrected chi connectivity index (χ0v) is 27.8. The van der Waals surface area contributed by atoms with Gasteiger partial charge in [0, 0.05) is 11.1 Å². The number of hydrogen-bond acceptors (Lipinski definition) is 3. The lowest BCUT2D eigenvalue weighted by molar-refractivity contribution is 0.0937. The van der Waals surface area contributed by atoms with E-state index in [1.54, 1.807) is 0 Å². The smallest absolute Gasteiger partial charge is 0.261 e. The molecule has 0 bridgehead atoms. The molecule has 3 nitrogen and oxygen atoms in total. The van der Waals surface area contributed by atoms with Crippen LogP contribution < -0.4 is 5.32 Å². The summed E-state index contributed by atoms with van der Waals surface area (Å²) in [6.45, 7) is 15.4. The van der Waals surface area contributed by atoms with Crippen LogP contribution in [-0.2, 0) is 12.8 Å². The van der Waals surface area contributed by atoms with Gasteiger partial charge >= 0.3 is 0 Å². The third kappa shape index (κ3) is 14.2. The van der Waals surface area contributed by atoms with Crippen LogP contribution >= 0.6 is 11.3 Å². The van der Waals surface area contributed by atoms with Gasteiger partial charge in [-0.15, -0.1) is 24.2 Å². The molecule has 1 atom stereocenters. The number of nitrogens with zero attached hydrogens (tertiary/aromatic N) is 1. The van der Waals surface area contributed by atoms with Crippen LogP contribution in [0.3, 0.4) is 0 Å². The second-order valence-corrected chi connectivity index (χ2v) is 13.0. The fourth-order valence-corrected chi connectivity index (χ4v) is 5.56. The lowest BCUT2D eigenvalue weighted by atomic mass is 9.95. The number of rotatable bonds is 10.